The van der Waals surface area contributed by atoms with Crippen LogP contribution in [0.1, 0.15) is 36.5 Å². The van der Waals surface area contributed by atoms with Gasteiger partial charge in [0.15, 0.2) is 0 Å². The first-order valence-corrected chi connectivity index (χ1v) is 8.46. The molecule has 1 fully saturated rings. The summed E-state index contributed by atoms with van der Waals surface area (Å²) >= 11 is 1.50. The van der Waals surface area contributed by atoms with E-state index >= 15 is 0 Å². The predicted molar refractivity (Wildman–Crippen MR) is 83.2 cm³/mol. The smallest absolute Gasteiger partial charge is 0.254 e. The average molecular weight is 293 g/mol. The Balaban J connectivity index is 1.83. The van der Waals surface area contributed by atoms with Crippen LogP contribution in [0.2, 0.25) is 0 Å². The first kappa shape index (κ1) is 15.3. The third kappa shape index (κ3) is 3.96. The summed E-state index contributed by atoms with van der Waals surface area (Å²) in [5.74, 6) is -0.0212. The van der Waals surface area contributed by atoms with E-state index in [1.54, 1.807) is 12.3 Å². The Morgan fingerprint density at radius 1 is 1.55 bits per heavy atom. The highest BCUT2D eigenvalue weighted by Crippen LogP contribution is 2.17. The summed E-state index contributed by atoms with van der Waals surface area (Å²) in [5, 5.41) is 3.80. The molecule has 4 nitrogen and oxygen atoms in total. The molecule has 110 valence electrons. The Labute approximate surface area is 125 Å². The highest BCUT2D eigenvalue weighted by molar-refractivity contribution is 7.98. The largest absolute Gasteiger partial charge is 0.351 e. The molecule has 5 heteroatoms. The Morgan fingerprint density at radius 2 is 2.40 bits per heavy atom. The average Bonchev–Trinajstić information content (AvgIpc) is 2.49. The fourth-order valence-corrected chi connectivity index (χ4v) is 3.17. The number of piperidine rings is 1. The molecule has 0 saturated carbocycles. The zero-order chi connectivity index (χ0) is 14.4. The molecule has 0 aromatic carbocycles. The van der Waals surface area contributed by atoms with Crippen molar-refractivity contribution in [2.75, 3.05) is 25.9 Å². The quantitative estimate of drug-likeness (QED) is 0.847. The maximum absolute atomic E-state index is 12.2. The van der Waals surface area contributed by atoms with Crippen molar-refractivity contribution >= 4 is 17.7 Å². The van der Waals surface area contributed by atoms with Gasteiger partial charge in [-0.25, -0.2) is 4.98 Å². The molecule has 0 radical (unpaired) electrons. The monoisotopic (exact) mass is 293 g/mol. The molecule has 1 aromatic heterocycles. The van der Waals surface area contributed by atoms with E-state index in [-0.39, 0.29) is 5.91 Å². The van der Waals surface area contributed by atoms with Crippen LogP contribution in [0.15, 0.2) is 23.4 Å². The number of rotatable bonds is 5. The minimum Gasteiger partial charge on any atom is -0.351 e. The van der Waals surface area contributed by atoms with Gasteiger partial charge in [-0.1, -0.05) is 6.42 Å². The van der Waals surface area contributed by atoms with Crippen molar-refractivity contribution in [1.29, 1.82) is 0 Å². The molecule has 1 saturated heterocycles. The lowest BCUT2D eigenvalue weighted by molar-refractivity contribution is 0.0935. The second-order valence-electron chi connectivity index (χ2n) is 5.20. The third-order valence-electron chi connectivity index (χ3n) is 3.83. The minimum atomic E-state index is -0.0212. The first-order valence-electron chi connectivity index (χ1n) is 7.23. The van der Waals surface area contributed by atoms with E-state index < -0.39 is 0 Å². The van der Waals surface area contributed by atoms with Crippen LogP contribution in [0.25, 0.3) is 0 Å². The van der Waals surface area contributed by atoms with Gasteiger partial charge in [0.1, 0.15) is 5.03 Å². The van der Waals surface area contributed by atoms with Gasteiger partial charge in [-0.05, 0) is 44.7 Å². The Kier molecular flexibility index (Phi) is 5.86. The molecule has 0 spiro atoms. The van der Waals surface area contributed by atoms with E-state index in [4.69, 9.17) is 0 Å². The van der Waals surface area contributed by atoms with Crippen LogP contribution < -0.4 is 5.32 Å². The molecule has 0 unspecified atom stereocenters. The lowest BCUT2D eigenvalue weighted by Gasteiger charge is -2.33. The molecule has 1 atom stereocenters. The minimum absolute atomic E-state index is 0.0212. The number of carbonyl (C=O) groups is 1. The van der Waals surface area contributed by atoms with Crippen molar-refractivity contribution in [3.8, 4) is 0 Å². The zero-order valence-electron chi connectivity index (χ0n) is 12.3. The molecule has 1 aromatic rings. The van der Waals surface area contributed by atoms with E-state index in [0.717, 1.165) is 18.1 Å². The number of hydrogen-bond acceptors (Lipinski definition) is 4. The lowest BCUT2D eigenvalue weighted by atomic mass is 10.0. The summed E-state index contributed by atoms with van der Waals surface area (Å²) in [6.07, 6.45) is 7.54. The molecule has 1 aliphatic rings. The van der Waals surface area contributed by atoms with Crippen molar-refractivity contribution < 1.29 is 4.79 Å². The predicted octanol–water partition coefficient (Wildman–Crippen LogP) is 2.41. The van der Waals surface area contributed by atoms with Crippen LogP contribution in [0.3, 0.4) is 0 Å². The number of carbonyl (C=O) groups excluding carboxylic acids is 1. The summed E-state index contributed by atoms with van der Waals surface area (Å²) in [6.45, 7) is 5.06. The number of likely N-dealkylation sites (tertiary alicyclic amines) is 1. The first-order chi connectivity index (χ1) is 9.72. The SMILES string of the molecule is CSc1ncccc1C(=O)NCCN1CCCC[C@@H]1C. The van der Waals surface area contributed by atoms with E-state index in [0.29, 0.717) is 18.2 Å². The number of nitrogens with one attached hydrogen (secondary N) is 1. The second kappa shape index (κ2) is 7.64. The fourth-order valence-electron chi connectivity index (χ4n) is 2.62. The van der Waals surface area contributed by atoms with E-state index in [2.05, 4.69) is 22.1 Å². The van der Waals surface area contributed by atoms with Gasteiger partial charge in [-0.15, -0.1) is 11.8 Å². The normalized spacial score (nSPS) is 19.8. The maximum Gasteiger partial charge on any atom is 0.254 e. The second-order valence-corrected chi connectivity index (χ2v) is 5.99. The number of thioether (sulfide) groups is 1. The highest BCUT2D eigenvalue weighted by atomic mass is 32.2. The van der Waals surface area contributed by atoms with Crippen molar-refractivity contribution in [1.82, 2.24) is 15.2 Å². The van der Waals surface area contributed by atoms with Crippen molar-refractivity contribution in [2.24, 2.45) is 0 Å². The van der Waals surface area contributed by atoms with Crippen molar-refractivity contribution in [3.63, 3.8) is 0 Å². The van der Waals surface area contributed by atoms with Gasteiger partial charge in [0.2, 0.25) is 0 Å². The number of amides is 1. The number of hydrogen-bond donors (Lipinski definition) is 1. The lowest BCUT2D eigenvalue weighted by Crippen LogP contribution is -2.42. The molecule has 2 rings (SSSR count). The van der Waals surface area contributed by atoms with Crippen LogP contribution >= 0.6 is 11.8 Å². The van der Waals surface area contributed by atoms with Gasteiger partial charge in [-0.3, -0.25) is 9.69 Å². The van der Waals surface area contributed by atoms with Crippen LogP contribution in [0.4, 0.5) is 0 Å². The Hall–Kier alpha value is -1.07. The van der Waals surface area contributed by atoms with E-state index in [1.807, 2.05) is 12.3 Å². The summed E-state index contributed by atoms with van der Waals surface area (Å²) < 4.78 is 0. The summed E-state index contributed by atoms with van der Waals surface area (Å²) in [7, 11) is 0. The van der Waals surface area contributed by atoms with Gasteiger partial charge in [0.05, 0.1) is 5.56 Å². The van der Waals surface area contributed by atoms with E-state index in [9.17, 15) is 4.79 Å². The topological polar surface area (TPSA) is 45.2 Å². The van der Waals surface area contributed by atoms with Crippen LogP contribution in [-0.2, 0) is 0 Å². The molecule has 0 aliphatic carbocycles. The Bertz CT molecular complexity index is 452. The highest BCUT2D eigenvalue weighted by Gasteiger charge is 2.18. The van der Waals surface area contributed by atoms with Gasteiger partial charge in [0, 0.05) is 25.3 Å². The van der Waals surface area contributed by atoms with Crippen molar-refractivity contribution in [2.45, 2.75) is 37.3 Å². The summed E-state index contributed by atoms with van der Waals surface area (Å²) in [5.41, 5.74) is 0.673. The zero-order valence-corrected chi connectivity index (χ0v) is 13.1. The van der Waals surface area contributed by atoms with Gasteiger partial charge >= 0.3 is 0 Å². The van der Waals surface area contributed by atoms with Gasteiger partial charge in [-0.2, -0.15) is 0 Å². The van der Waals surface area contributed by atoms with E-state index in [1.165, 1.54) is 31.0 Å². The third-order valence-corrected chi connectivity index (χ3v) is 4.55. The van der Waals surface area contributed by atoms with Crippen LogP contribution in [-0.4, -0.2) is 47.7 Å². The standard InChI is InChI=1S/C15H23N3OS/c1-12-6-3-4-10-18(12)11-9-16-14(19)13-7-5-8-17-15(13)20-2/h5,7-8,12H,3-4,6,9-11H2,1-2H3,(H,16,19)/t12-/m0/s1. The molecule has 0 bridgehead atoms. The molecule has 1 N–H and O–H groups in total. The number of pyridine rings is 1. The molecule has 2 heterocycles. The molecule has 1 aliphatic heterocycles. The molecular weight excluding hydrogens is 270 g/mol. The summed E-state index contributed by atoms with van der Waals surface area (Å²) in [6, 6.07) is 4.28. The molecule has 20 heavy (non-hydrogen) atoms. The molecule has 1 amide bonds. The maximum atomic E-state index is 12.2. The van der Waals surface area contributed by atoms with Crippen LogP contribution in [0, 0.1) is 0 Å². The van der Waals surface area contributed by atoms with Crippen molar-refractivity contribution in [3.05, 3.63) is 23.9 Å². The van der Waals surface area contributed by atoms with Gasteiger partial charge < -0.3 is 5.32 Å². The van der Waals surface area contributed by atoms with Gasteiger partial charge in [0.25, 0.3) is 5.91 Å². The van der Waals surface area contributed by atoms with Crippen LogP contribution in [0.5, 0.6) is 0 Å². The molecular formula is C15H23N3OS. The summed E-state index contributed by atoms with van der Waals surface area (Å²) in [4.78, 5) is 18.8. The number of nitrogens with zero attached hydrogens (tertiary/aromatic N) is 2. The fraction of sp³-hybridized carbons (Fsp3) is 0.600. The number of aromatic nitrogens is 1. The Morgan fingerprint density at radius 3 is 3.15 bits per heavy atom.